The first-order valence-corrected chi connectivity index (χ1v) is 30.9. The van der Waals surface area contributed by atoms with Gasteiger partial charge in [0.05, 0.1) is 0 Å². The quantitative estimate of drug-likeness (QED) is 0.0261. The molecule has 0 bridgehead atoms. The van der Waals surface area contributed by atoms with Gasteiger partial charge in [0.25, 0.3) is 0 Å². The van der Waals surface area contributed by atoms with E-state index >= 15 is 0 Å². The number of esters is 3. The molecule has 1 unspecified atom stereocenters. The topological polar surface area (TPSA) is 78.9 Å². The van der Waals surface area contributed by atoms with E-state index in [1.807, 2.05) is 0 Å². The normalized spacial score (nSPS) is 12.1. The molecule has 406 valence electrons. The van der Waals surface area contributed by atoms with E-state index < -0.39 is 6.10 Å². The van der Waals surface area contributed by atoms with Gasteiger partial charge in [-0.15, -0.1) is 0 Å². The lowest BCUT2D eigenvalue weighted by molar-refractivity contribution is -0.167. The number of hydrogen-bond donors (Lipinski definition) is 0. The molecule has 1 atom stereocenters. The molecule has 0 saturated heterocycles. The highest BCUT2D eigenvalue weighted by atomic mass is 16.6. The minimum Gasteiger partial charge on any atom is -0.462 e. The van der Waals surface area contributed by atoms with Crippen LogP contribution in [0.4, 0.5) is 0 Å². The summed E-state index contributed by atoms with van der Waals surface area (Å²) >= 11 is 0. The third kappa shape index (κ3) is 56.7. The van der Waals surface area contributed by atoms with Crippen LogP contribution in [0.25, 0.3) is 0 Å². The van der Waals surface area contributed by atoms with Crippen LogP contribution in [0.15, 0.2) is 24.3 Å². The number of ether oxygens (including phenoxy) is 3. The van der Waals surface area contributed by atoms with Gasteiger partial charge in [-0.1, -0.05) is 302 Å². The van der Waals surface area contributed by atoms with Crippen LogP contribution in [0, 0.1) is 0 Å². The first kappa shape index (κ1) is 66.9. The van der Waals surface area contributed by atoms with Crippen molar-refractivity contribution in [3.05, 3.63) is 24.3 Å². The van der Waals surface area contributed by atoms with Crippen molar-refractivity contribution in [3.63, 3.8) is 0 Å². The predicted octanol–water partition coefficient (Wildman–Crippen LogP) is 20.7. The van der Waals surface area contributed by atoms with E-state index in [1.165, 1.54) is 231 Å². The Morgan fingerprint density at radius 3 is 0.783 bits per heavy atom. The zero-order valence-corrected chi connectivity index (χ0v) is 46.6. The van der Waals surface area contributed by atoms with Gasteiger partial charge in [0, 0.05) is 19.3 Å². The van der Waals surface area contributed by atoms with Gasteiger partial charge in [-0.05, 0) is 44.9 Å². The Bertz CT molecular complexity index is 1110. The van der Waals surface area contributed by atoms with Crippen molar-refractivity contribution in [1.29, 1.82) is 0 Å². The molecule has 0 fully saturated rings. The summed E-state index contributed by atoms with van der Waals surface area (Å²) in [6.07, 6.45) is 68.9. The molecule has 6 heteroatoms. The van der Waals surface area contributed by atoms with Gasteiger partial charge < -0.3 is 14.2 Å². The van der Waals surface area contributed by atoms with Crippen LogP contribution in [-0.4, -0.2) is 37.2 Å². The summed E-state index contributed by atoms with van der Waals surface area (Å²) < 4.78 is 16.9. The molecular formula is C63H118O6. The Morgan fingerprint density at radius 1 is 0.290 bits per heavy atom. The highest BCUT2D eigenvalue weighted by Gasteiger charge is 2.19. The standard InChI is InChI=1S/C63H118O6/c1-4-7-10-13-16-19-22-25-28-31-33-35-38-41-44-47-50-53-56-62(65)68-59-60(58-67-61(64)55-52-49-46-43-40-37-34-30-27-24-21-18-15-12-9-6-3)69-63(66)57-54-51-48-45-42-39-36-32-29-26-23-20-17-14-11-8-5-2/h30,34,37,40,60H,4-29,31-33,35-36,38-39,41-59H2,1-3H3/b34-30-,40-37-. The summed E-state index contributed by atoms with van der Waals surface area (Å²) in [5, 5.41) is 0. The van der Waals surface area contributed by atoms with Gasteiger partial charge in [0.15, 0.2) is 6.10 Å². The van der Waals surface area contributed by atoms with Crippen molar-refractivity contribution in [3.8, 4) is 0 Å². The van der Waals surface area contributed by atoms with Crippen molar-refractivity contribution in [1.82, 2.24) is 0 Å². The van der Waals surface area contributed by atoms with Crippen LogP contribution in [-0.2, 0) is 28.6 Å². The van der Waals surface area contributed by atoms with Crippen molar-refractivity contribution < 1.29 is 28.6 Å². The summed E-state index contributed by atoms with van der Waals surface area (Å²) in [7, 11) is 0. The fraction of sp³-hybridized carbons (Fsp3) is 0.889. The molecule has 0 heterocycles. The second kappa shape index (κ2) is 58.5. The third-order valence-corrected chi connectivity index (χ3v) is 14.0. The summed E-state index contributed by atoms with van der Waals surface area (Å²) in [5.41, 5.74) is 0. The number of carbonyl (C=O) groups is 3. The Morgan fingerprint density at radius 2 is 0.507 bits per heavy atom. The molecule has 0 aromatic rings. The highest BCUT2D eigenvalue weighted by Crippen LogP contribution is 2.18. The molecule has 0 rings (SSSR count). The third-order valence-electron chi connectivity index (χ3n) is 14.0. The van der Waals surface area contributed by atoms with Crippen molar-refractivity contribution in [2.24, 2.45) is 0 Å². The van der Waals surface area contributed by atoms with Crippen molar-refractivity contribution in [2.75, 3.05) is 13.2 Å². The maximum atomic E-state index is 12.9. The first-order chi connectivity index (χ1) is 34.0. The zero-order chi connectivity index (χ0) is 50.0. The molecular weight excluding hydrogens is 853 g/mol. The molecule has 0 aromatic heterocycles. The second-order valence-corrected chi connectivity index (χ2v) is 21.0. The average Bonchev–Trinajstić information content (AvgIpc) is 3.35. The number of hydrogen-bond acceptors (Lipinski definition) is 6. The van der Waals surface area contributed by atoms with E-state index in [1.54, 1.807) is 0 Å². The lowest BCUT2D eigenvalue weighted by atomic mass is 10.0. The Balaban J connectivity index is 4.35. The fourth-order valence-electron chi connectivity index (χ4n) is 9.32. The molecule has 6 nitrogen and oxygen atoms in total. The van der Waals surface area contributed by atoms with Crippen LogP contribution in [0.5, 0.6) is 0 Å². The summed E-state index contributed by atoms with van der Waals surface area (Å²) in [6, 6.07) is 0. The van der Waals surface area contributed by atoms with Crippen LogP contribution < -0.4 is 0 Å². The monoisotopic (exact) mass is 971 g/mol. The minimum atomic E-state index is -0.777. The molecule has 0 aliphatic rings. The SMILES string of the molecule is CCCCCCCCC/C=C\C=C/CCCCCC(=O)OCC(COC(=O)CCCCCCCCCCCCCCCCCCCC)OC(=O)CCCCCCCCCCCCCCCCCCC. The average molecular weight is 972 g/mol. The molecule has 0 aromatic carbocycles. The highest BCUT2D eigenvalue weighted by molar-refractivity contribution is 5.71. The Hall–Kier alpha value is -2.11. The van der Waals surface area contributed by atoms with E-state index in [0.29, 0.717) is 19.3 Å². The van der Waals surface area contributed by atoms with Gasteiger partial charge in [-0.3, -0.25) is 14.4 Å². The van der Waals surface area contributed by atoms with Crippen molar-refractivity contribution in [2.45, 2.75) is 348 Å². The predicted molar refractivity (Wildman–Crippen MR) is 298 cm³/mol. The lowest BCUT2D eigenvalue weighted by Gasteiger charge is -2.18. The van der Waals surface area contributed by atoms with Crippen LogP contribution in [0.1, 0.15) is 342 Å². The van der Waals surface area contributed by atoms with E-state index in [-0.39, 0.29) is 31.1 Å². The van der Waals surface area contributed by atoms with Crippen LogP contribution in [0.2, 0.25) is 0 Å². The number of carbonyl (C=O) groups excluding carboxylic acids is 3. The Kier molecular flexibility index (Phi) is 56.7. The molecule has 0 radical (unpaired) electrons. The molecule has 0 spiro atoms. The van der Waals surface area contributed by atoms with E-state index in [4.69, 9.17) is 14.2 Å². The molecule has 69 heavy (non-hydrogen) atoms. The van der Waals surface area contributed by atoms with Crippen LogP contribution >= 0.6 is 0 Å². The number of unbranched alkanes of at least 4 members (excludes halogenated alkanes) is 43. The molecule has 0 aliphatic heterocycles. The second-order valence-electron chi connectivity index (χ2n) is 21.0. The summed E-state index contributed by atoms with van der Waals surface area (Å²) in [4.78, 5) is 38.2. The zero-order valence-electron chi connectivity index (χ0n) is 46.6. The van der Waals surface area contributed by atoms with Gasteiger partial charge >= 0.3 is 17.9 Å². The number of rotatable bonds is 57. The summed E-state index contributed by atoms with van der Waals surface area (Å²) in [5.74, 6) is -0.875. The van der Waals surface area contributed by atoms with Gasteiger partial charge in [0.1, 0.15) is 13.2 Å². The fourth-order valence-corrected chi connectivity index (χ4v) is 9.32. The van der Waals surface area contributed by atoms with E-state index in [9.17, 15) is 14.4 Å². The molecule has 0 amide bonds. The largest absolute Gasteiger partial charge is 0.462 e. The maximum absolute atomic E-state index is 12.9. The van der Waals surface area contributed by atoms with Gasteiger partial charge in [0.2, 0.25) is 0 Å². The van der Waals surface area contributed by atoms with Gasteiger partial charge in [-0.25, -0.2) is 0 Å². The van der Waals surface area contributed by atoms with Crippen LogP contribution in [0.3, 0.4) is 0 Å². The lowest BCUT2D eigenvalue weighted by Crippen LogP contribution is -2.30. The smallest absolute Gasteiger partial charge is 0.306 e. The number of allylic oxidation sites excluding steroid dienone is 4. The molecule has 0 aliphatic carbocycles. The van der Waals surface area contributed by atoms with E-state index in [2.05, 4.69) is 45.1 Å². The summed E-state index contributed by atoms with van der Waals surface area (Å²) in [6.45, 7) is 6.68. The molecule has 0 saturated carbocycles. The molecule has 0 N–H and O–H groups in total. The first-order valence-electron chi connectivity index (χ1n) is 30.9. The maximum Gasteiger partial charge on any atom is 0.306 e. The van der Waals surface area contributed by atoms with Gasteiger partial charge in [-0.2, -0.15) is 0 Å². The minimum absolute atomic E-state index is 0.0736. The Labute approximate surface area is 430 Å². The van der Waals surface area contributed by atoms with E-state index in [0.717, 1.165) is 70.6 Å². The van der Waals surface area contributed by atoms with Crippen molar-refractivity contribution >= 4 is 17.9 Å².